The summed E-state index contributed by atoms with van der Waals surface area (Å²) in [5.41, 5.74) is 1.78. The Morgan fingerprint density at radius 2 is 1.93 bits per heavy atom. The van der Waals surface area contributed by atoms with Crippen LogP contribution in [0.1, 0.15) is 31.5 Å². The normalized spacial score (nSPS) is 15.9. The summed E-state index contributed by atoms with van der Waals surface area (Å²) < 4.78 is 2.09. The van der Waals surface area contributed by atoms with E-state index in [1.54, 1.807) is 11.9 Å². The van der Waals surface area contributed by atoms with E-state index < -0.39 is 0 Å². The molecule has 0 radical (unpaired) electrons. The van der Waals surface area contributed by atoms with Crippen molar-refractivity contribution in [3.63, 3.8) is 0 Å². The van der Waals surface area contributed by atoms with Gasteiger partial charge in [0, 0.05) is 34.7 Å². The van der Waals surface area contributed by atoms with Crippen molar-refractivity contribution in [3.8, 4) is 0 Å². The molecule has 1 saturated carbocycles. The average Bonchev–Trinajstić information content (AvgIpc) is 3.27. The maximum absolute atomic E-state index is 12.7. The zero-order chi connectivity index (χ0) is 19.4. The van der Waals surface area contributed by atoms with Crippen molar-refractivity contribution in [3.05, 3.63) is 30.1 Å². The van der Waals surface area contributed by atoms with Crippen LogP contribution in [0.25, 0.3) is 11.0 Å². The Hall–Kier alpha value is -1.84. The molecule has 0 atom stereocenters. The molecule has 0 aliphatic heterocycles. The zero-order valence-electron chi connectivity index (χ0n) is 17.2. The summed E-state index contributed by atoms with van der Waals surface area (Å²) in [6, 6.07) is 8.10. The molecule has 1 aromatic carbocycles. The van der Waals surface area contributed by atoms with Gasteiger partial charge in [0.15, 0.2) is 5.96 Å². The first-order valence-electron chi connectivity index (χ1n) is 9.53. The molecule has 0 spiro atoms. The monoisotopic (exact) mass is 498 g/mol. The predicted molar refractivity (Wildman–Crippen MR) is 124 cm³/mol. The number of fused-ring (bicyclic) bond motifs is 1. The number of imidazole rings is 1. The van der Waals surface area contributed by atoms with E-state index in [9.17, 15) is 4.79 Å². The third kappa shape index (κ3) is 4.59. The van der Waals surface area contributed by atoms with E-state index in [-0.39, 0.29) is 35.3 Å². The number of amides is 1. The maximum atomic E-state index is 12.7. The number of rotatable bonds is 5. The molecule has 28 heavy (non-hydrogen) atoms. The molecule has 8 heteroatoms. The van der Waals surface area contributed by atoms with Crippen LogP contribution in [0, 0.1) is 5.41 Å². The molecule has 1 aromatic heterocycles. The smallest absolute Gasteiger partial charge is 0.230 e. The molecule has 2 N–H and O–H groups in total. The van der Waals surface area contributed by atoms with Crippen LogP contribution in [0.15, 0.2) is 29.3 Å². The number of guanidine groups is 1. The summed E-state index contributed by atoms with van der Waals surface area (Å²) in [5, 5.41) is 6.69. The van der Waals surface area contributed by atoms with Crippen LogP contribution < -0.4 is 10.6 Å². The number of hydrogen-bond donors (Lipinski definition) is 2. The molecule has 0 bridgehead atoms. The fourth-order valence-corrected chi connectivity index (χ4v) is 3.98. The number of halogens is 1. The van der Waals surface area contributed by atoms with Crippen LogP contribution >= 0.6 is 24.0 Å². The molecule has 3 rings (SSSR count). The molecule has 0 saturated heterocycles. The highest BCUT2D eigenvalue weighted by Crippen LogP contribution is 2.38. The number of benzene rings is 1. The molecule has 0 unspecified atom stereocenters. The van der Waals surface area contributed by atoms with Crippen molar-refractivity contribution in [2.45, 2.75) is 32.2 Å². The summed E-state index contributed by atoms with van der Waals surface area (Å²) in [7, 11) is 7.44. The number of aromatic nitrogens is 2. The van der Waals surface area contributed by atoms with Gasteiger partial charge in [-0.25, -0.2) is 4.98 Å². The summed E-state index contributed by atoms with van der Waals surface area (Å²) in [4.78, 5) is 23.4. The standard InChI is InChI=1S/C20H30N6O.HI/c1-21-19(23-14-20(11-7-8-12-20)18(27)25(2)3)22-13-17-24-15-9-5-6-10-16(15)26(17)4;/h5-6,9-10H,7-8,11-14H2,1-4H3,(H2,21,22,23);1H. The number of aliphatic imine (C=N–C) groups is 1. The quantitative estimate of drug-likeness (QED) is 0.378. The first-order chi connectivity index (χ1) is 13.0. The van der Waals surface area contributed by atoms with Gasteiger partial charge in [0.25, 0.3) is 0 Å². The van der Waals surface area contributed by atoms with E-state index in [0.717, 1.165) is 42.5 Å². The first kappa shape index (κ1) is 22.4. The second kappa shape index (κ2) is 9.58. The van der Waals surface area contributed by atoms with Gasteiger partial charge in [-0.3, -0.25) is 9.79 Å². The first-order valence-corrected chi connectivity index (χ1v) is 9.53. The van der Waals surface area contributed by atoms with Crippen LogP contribution in [0.4, 0.5) is 0 Å². The van der Waals surface area contributed by atoms with Crippen LogP contribution in [-0.4, -0.2) is 54.0 Å². The Morgan fingerprint density at radius 1 is 1.25 bits per heavy atom. The van der Waals surface area contributed by atoms with E-state index in [1.807, 2.05) is 39.3 Å². The van der Waals surface area contributed by atoms with Crippen molar-refractivity contribution in [2.24, 2.45) is 17.5 Å². The SMILES string of the molecule is CN=C(NCc1nc2ccccc2n1C)NCC1(C(=O)N(C)C)CCCC1.I. The molecule has 1 heterocycles. The fourth-order valence-electron chi connectivity index (χ4n) is 3.98. The third-order valence-electron chi connectivity index (χ3n) is 5.53. The van der Waals surface area contributed by atoms with Crippen LogP contribution in [0.3, 0.4) is 0 Å². The van der Waals surface area contributed by atoms with Gasteiger partial charge >= 0.3 is 0 Å². The Balaban J connectivity index is 0.00000280. The van der Waals surface area contributed by atoms with Crippen molar-refractivity contribution >= 4 is 46.9 Å². The number of carbonyl (C=O) groups is 1. The van der Waals surface area contributed by atoms with Gasteiger partial charge in [0.2, 0.25) is 5.91 Å². The highest BCUT2D eigenvalue weighted by Gasteiger charge is 2.42. The van der Waals surface area contributed by atoms with E-state index in [2.05, 4.69) is 31.2 Å². The van der Waals surface area contributed by atoms with E-state index in [4.69, 9.17) is 0 Å². The van der Waals surface area contributed by atoms with Gasteiger partial charge in [-0.1, -0.05) is 25.0 Å². The number of para-hydroxylation sites is 2. The zero-order valence-corrected chi connectivity index (χ0v) is 19.5. The molecule has 1 aliphatic carbocycles. The molecular weight excluding hydrogens is 467 g/mol. The summed E-state index contributed by atoms with van der Waals surface area (Å²) >= 11 is 0. The lowest BCUT2D eigenvalue weighted by Gasteiger charge is -2.31. The van der Waals surface area contributed by atoms with Crippen molar-refractivity contribution in [2.75, 3.05) is 27.7 Å². The Labute approximate surface area is 184 Å². The lowest BCUT2D eigenvalue weighted by molar-refractivity contribution is -0.138. The molecule has 1 aliphatic rings. The minimum absolute atomic E-state index is 0. The second-order valence-corrected chi connectivity index (χ2v) is 7.54. The molecule has 1 fully saturated rings. The van der Waals surface area contributed by atoms with Crippen LogP contribution in [0.2, 0.25) is 0 Å². The fraction of sp³-hybridized carbons (Fsp3) is 0.550. The number of carbonyl (C=O) groups excluding carboxylic acids is 1. The summed E-state index contributed by atoms with van der Waals surface area (Å²) in [6.45, 7) is 1.17. The van der Waals surface area contributed by atoms with Gasteiger partial charge in [-0.15, -0.1) is 24.0 Å². The summed E-state index contributed by atoms with van der Waals surface area (Å²) in [5.74, 6) is 1.84. The number of nitrogens with one attached hydrogen (secondary N) is 2. The minimum Gasteiger partial charge on any atom is -0.355 e. The van der Waals surface area contributed by atoms with E-state index >= 15 is 0 Å². The highest BCUT2D eigenvalue weighted by atomic mass is 127. The van der Waals surface area contributed by atoms with E-state index in [0.29, 0.717) is 19.0 Å². The van der Waals surface area contributed by atoms with Crippen molar-refractivity contribution in [1.29, 1.82) is 0 Å². The lowest BCUT2D eigenvalue weighted by Crippen LogP contribution is -2.49. The Morgan fingerprint density at radius 3 is 2.54 bits per heavy atom. The van der Waals surface area contributed by atoms with Crippen LogP contribution in [0.5, 0.6) is 0 Å². The second-order valence-electron chi connectivity index (χ2n) is 7.54. The topological polar surface area (TPSA) is 74.5 Å². The number of hydrogen-bond acceptors (Lipinski definition) is 3. The van der Waals surface area contributed by atoms with Crippen LogP contribution in [-0.2, 0) is 18.4 Å². The molecule has 2 aromatic rings. The Kier molecular flexibility index (Phi) is 7.68. The molecule has 7 nitrogen and oxygen atoms in total. The molecule has 1 amide bonds. The van der Waals surface area contributed by atoms with Crippen molar-refractivity contribution < 1.29 is 4.79 Å². The predicted octanol–water partition coefficient (Wildman–Crippen LogP) is 2.50. The highest BCUT2D eigenvalue weighted by molar-refractivity contribution is 14.0. The maximum Gasteiger partial charge on any atom is 0.230 e. The summed E-state index contributed by atoms with van der Waals surface area (Å²) in [6.07, 6.45) is 4.07. The third-order valence-corrected chi connectivity index (χ3v) is 5.53. The number of nitrogens with zero attached hydrogens (tertiary/aromatic N) is 4. The molecular formula is C20H31IN6O. The minimum atomic E-state index is -0.320. The van der Waals surface area contributed by atoms with Gasteiger partial charge in [0.05, 0.1) is 23.0 Å². The average molecular weight is 498 g/mol. The van der Waals surface area contributed by atoms with Gasteiger partial charge in [-0.05, 0) is 25.0 Å². The van der Waals surface area contributed by atoms with Crippen molar-refractivity contribution in [1.82, 2.24) is 25.1 Å². The van der Waals surface area contributed by atoms with E-state index in [1.165, 1.54) is 0 Å². The van der Waals surface area contributed by atoms with Gasteiger partial charge in [0.1, 0.15) is 5.82 Å². The lowest BCUT2D eigenvalue weighted by atomic mass is 9.84. The molecule has 154 valence electrons. The van der Waals surface area contributed by atoms with Gasteiger partial charge < -0.3 is 20.1 Å². The largest absolute Gasteiger partial charge is 0.355 e. The Bertz CT molecular complexity index is 838. The number of aryl methyl sites for hydroxylation is 1. The van der Waals surface area contributed by atoms with Gasteiger partial charge in [-0.2, -0.15) is 0 Å².